The maximum atomic E-state index is 12.2. The lowest BCUT2D eigenvalue weighted by Gasteiger charge is -2.10. The minimum atomic E-state index is -0.594. The van der Waals surface area contributed by atoms with Gasteiger partial charge in [0, 0.05) is 5.56 Å². The van der Waals surface area contributed by atoms with Crippen molar-refractivity contribution in [1.82, 2.24) is 10.2 Å². The second-order valence-corrected chi connectivity index (χ2v) is 6.04. The smallest absolute Gasteiger partial charge is 0.311 e. The molecule has 0 radical (unpaired) electrons. The van der Waals surface area contributed by atoms with E-state index in [0.717, 1.165) is 16.7 Å². The van der Waals surface area contributed by atoms with Gasteiger partial charge in [0.2, 0.25) is 5.89 Å². The van der Waals surface area contributed by atoms with Crippen molar-refractivity contribution in [3.05, 3.63) is 71.1 Å². The minimum absolute atomic E-state index is 0.213. The van der Waals surface area contributed by atoms with Gasteiger partial charge in [-0.2, -0.15) is 0 Å². The molecule has 2 aromatic carbocycles. The van der Waals surface area contributed by atoms with E-state index in [1.165, 1.54) is 5.56 Å². The zero-order valence-electron chi connectivity index (χ0n) is 14.5. The standard InChI is InChI=1S/C20H20N2O3/c1-13-9-10-16(11-14(13)2)12-18(23)24-15(3)19-21-22-20(25-19)17-7-5-4-6-8-17/h4-11,15H,12H2,1-3H3/t15-/m0/s1. The third-order valence-corrected chi connectivity index (χ3v) is 4.04. The highest BCUT2D eigenvalue weighted by molar-refractivity contribution is 5.72. The van der Waals surface area contributed by atoms with Crippen LogP contribution in [0.1, 0.15) is 35.6 Å². The summed E-state index contributed by atoms with van der Waals surface area (Å²) in [4.78, 5) is 12.2. The molecule has 0 fully saturated rings. The Balaban J connectivity index is 1.63. The fourth-order valence-corrected chi connectivity index (χ4v) is 2.47. The van der Waals surface area contributed by atoms with Gasteiger partial charge in [-0.15, -0.1) is 10.2 Å². The lowest BCUT2D eigenvalue weighted by molar-refractivity contribution is -0.148. The molecule has 0 saturated carbocycles. The van der Waals surface area contributed by atoms with Gasteiger partial charge in [-0.3, -0.25) is 4.79 Å². The zero-order chi connectivity index (χ0) is 17.8. The highest BCUT2D eigenvalue weighted by Gasteiger charge is 2.19. The first-order valence-corrected chi connectivity index (χ1v) is 8.17. The summed E-state index contributed by atoms with van der Waals surface area (Å²) in [5, 5.41) is 8.00. The summed E-state index contributed by atoms with van der Waals surface area (Å²) in [6.07, 6.45) is -0.380. The number of benzene rings is 2. The third-order valence-electron chi connectivity index (χ3n) is 4.04. The number of aromatic nitrogens is 2. The number of ether oxygens (including phenoxy) is 1. The molecule has 0 aliphatic heterocycles. The highest BCUT2D eigenvalue weighted by atomic mass is 16.6. The highest BCUT2D eigenvalue weighted by Crippen LogP contribution is 2.22. The second-order valence-electron chi connectivity index (χ2n) is 6.04. The molecule has 0 amide bonds. The Bertz CT molecular complexity index is 872. The van der Waals surface area contributed by atoms with E-state index in [9.17, 15) is 4.79 Å². The summed E-state index contributed by atoms with van der Waals surface area (Å²) in [5.74, 6) is 0.371. The predicted octanol–water partition coefficient (Wildman–Crippen LogP) is 4.20. The molecule has 0 unspecified atom stereocenters. The fourth-order valence-electron chi connectivity index (χ4n) is 2.47. The lowest BCUT2D eigenvalue weighted by atomic mass is 10.0. The molecule has 0 N–H and O–H groups in total. The zero-order valence-corrected chi connectivity index (χ0v) is 14.5. The van der Waals surface area contributed by atoms with Crippen molar-refractivity contribution in [2.24, 2.45) is 0 Å². The van der Waals surface area contributed by atoms with Crippen LogP contribution in [0.15, 0.2) is 52.9 Å². The molecule has 0 bridgehead atoms. The van der Waals surface area contributed by atoms with Crippen LogP contribution in [-0.2, 0) is 16.0 Å². The third kappa shape index (κ3) is 4.12. The number of hydrogen-bond acceptors (Lipinski definition) is 5. The quantitative estimate of drug-likeness (QED) is 0.653. The van der Waals surface area contributed by atoms with Gasteiger partial charge in [0.15, 0.2) is 6.10 Å². The Morgan fingerprint density at radius 1 is 1.08 bits per heavy atom. The Kier molecular flexibility index (Phi) is 4.93. The average molecular weight is 336 g/mol. The first-order chi connectivity index (χ1) is 12.0. The molecule has 0 saturated heterocycles. The molecule has 0 aliphatic rings. The molecule has 0 spiro atoms. The van der Waals surface area contributed by atoms with Gasteiger partial charge in [-0.1, -0.05) is 36.4 Å². The minimum Gasteiger partial charge on any atom is -0.452 e. The predicted molar refractivity (Wildman–Crippen MR) is 93.9 cm³/mol. The van der Waals surface area contributed by atoms with Gasteiger partial charge >= 0.3 is 5.97 Å². The van der Waals surface area contributed by atoms with Crippen molar-refractivity contribution in [1.29, 1.82) is 0 Å². The summed E-state index contributed by atoms with van der Waals surface area (Å²) in [7, 11) is 0. The topological polar surface area (TPSA) is 65.2 Å². The summed E-state index contributed by atoms with van der Waals surface area (Å²) in [5.41, 5.74) is 4.11. The van der Waals surface area contributed by atoms with Crippen LogP contribution in [0.3, 0.4) is 0 Å². The number of nitrogens with zero attached hydrogens (tertiary/aromatic N) is 2. The van der Waals surface area contributed by atoms with Crippen molar-refractivity contribution in [3.63, 3.8) is 0 Å². The molecule has 3 aromatic rings. The van der Waals surface area contributed by atoms with Crippen LogP contribution in [0.2, 0.25) is 0 Å². The normalized spacial score (nSPS) is 12.0. The first kappa shape index (κ1) is 16.9. The van der Waals surface area contributed by atoms with Gasteiger partial charge < -0.3 is 9.15 Å². The van der Waals surface area contributed by atoms with E-state index < -0.39 is 6.10 Å². The van der Waals surface area contributed by atoms with Crippen molar-refractivity contribution in [2.45, 2.75) is 33.3 Å². The van der Waals surface area contributed by atoms with Crippen molar-refractivity contribution >= 4 is 5.97 Å². The molecular weight excluding hydrogens is 316 g/mol. The molecule has 1 aromatic heterocycles. The molecule has 3 rings (SSSR count). The van der Waals surface area contributed by atoms with Crippen molar-refractivity contribution in [2.75, 3.05) is 0 Å². The fraction of sp³-hybridized carbons (Fsp3) is 0.250. The van der Waals surface area contributed by atoms with Gasteiger partial charge in [0.1, 0.15) is 0 Å². The summed E-state index contributed by atoms with van der Waals surface area (Å²) in [6, 6.07) is 15.4. The van der Waals surface area contributed by atoms with Crippen molar-refractivity contribution < 1.29 is 13.9 Å². The van der Waals surface area contributed by atoms with Crippen LogP contribution in [0.5, 0.6) is 0 Å². The first-order valence-electron chi connectivity index (χ1n) is 8.17. The SMILES string of the molecule is Cc1ccc(CC(=O)O[C@@H](C)c2nnc(-c3ccccc3)o2)cc1C. The number of carbonyl (C=O) groups is 1. The van der Waals surface area contributed by atoms with E-state index in [1.54, 1.807) is 6.92 Å². The lowest BCUT2D eigenvalue weighted by Crippen LogP contribution is -2.12. The molecule has 5 nitrogen and oxygen atoms in total. The maximum absolute atomic E-state index is 12.2. The average Bonchev–Trinajstić information content (AvgIpc) is 3.09. The molecule has 1 heterocycles. The van der Waals surface area contributed by atoms with Crippen LogP contribution in [-0.4, -0.2) is 16.2 Å². The molecule has 1 atom stereocenters. The van der Waals surface area contributed by atoms with E-state index >= 15 is 0 Å². The molecule has 128 valence electrons. The van der Waals surface area contributed by atoms with Gasteiger partial charge in [-0.25, -0.2) is 0 Å². The number of esters is 1. The largest absolute Gasteiger partial charge is 0.452 e. The van der Waals surface area contributed by atoms with E-state index in [2.05, 4.69) is 10.2 Å². The maximum Gasteiger partial charge on any atom is 0.311 e. The Morgan fingerprint density at radius 2 is 1.84 bits per heavy atom. The summed E-state index contributed by atoms with van der Waals surface area (Å²) >= 11 is 0. The van der Waals surface area contributed by atoms with Crippen molar-refractivity contribution in [3.8, 4) is 11.5 Å². The Hall–Kier alpha value is -2.95. The van der Waals surface area contributed by atoms with Gasteiger partial charge in [-0.05, 0) is 49.6 Å². The molecule has 25 heavy (non-hydrogen) atoms. The Morgan fingerprint density at radius 3 is 2.56 bits per heavy atom. The molecule has 0 aliphatic carbocycles. The number of hydrogen-bond donors (Lipinski definition) is 0. The monoisotopic (exact) mass is 336 g/mol. The molecular formula is C20H20N2O3. The van der Waals surface area contributed by atoms with E-state index in [0.29, 0.717) is 5.89 Å². The van der Waals surface area contributed by atoms with E-state index in [-0.39, 0.29) is 18.3 Å². The van der Waals surface area contributed by atoms with E-state index in [1.807, 2.05) is 62.4 Å². The summed E-state index contributed by atoms with van der Waals surface area (Å²) < 4.78 is 11.0. The van der Waals surface area contributed by atoms with Crippen LogP contribution < -0.4 is 0 Å². The van der Waals surface area contributed by atoms with Crippen LogP contribution in [0.4, 0.5) is 0 Å². The van der Waals surface area contributed by atoms with Crippen LogP contribution >= 0.6 is 0 Å². The molecule has 5 heteroatoms. The summed E-state index contributed by atoms with van der Waals surface area (Å²) in [6.45, 7) is 5.79. The number of aryl methyl sites for hydroxylation is 2. The Labute approximate surface area is 146 Å². The van der Waals surface area contributed by atoms with Gasteiger partial charge in [0.25, 0.3) is 5.89 Å². The van der Waals surface area contributed by atoms with Crippen LogP contribution in [0, 0.1) is 13.8 Å². The second kappa shape index (κ2) is 7.30. The number of carbonyl (C=O) groups excluding carboxylic acids is 1. The number of rotatable bonds is 5. The van der Waals surface area contributed by atoms with Gasteiger partial charge in [0.05, 0.1) is 6.42 Å². The van der Waals surface area contributed by atoms with E-state index in [4.69, 9.17) is 9.15 Å². The van der Waals surface area contributed by atoms with Crippen LogP contribution in [0.25, 0.3) is 11.5 Å².